The summed E-state index contributed by atoms with van der Waals surface area (Å²) in [4.78, 5) is 32.6. The van der Waals surface area contributed by atoms with Crippen molar-refractivity contribution >= 4 is 17.5 Å². The first-order valence-corrected chi connectivity index (χ1v) is 8.10. The van der Waals surface area contributed by atoms with E-state index < -0.39 is 11.7 Å². The standard InChI is InChI=1S/C19H18N4O2/c1-14-4-6-15(7-5-14)17(24)19(25)23-11-9-22(10-12-23)18-16(13-20)3-2-8-21-18/h2-8H,9-12H2,1H3. The topological polar surface area (TPSA) is 77.3 Å². The van der Waals surface area contributed by atoms with Gasteiger partial charge in [-0.3, -0.25) is 9.59 Å². The first kappa shape index (κ1) is 16.7. The van der Waals surface area contributed by atoms with Gasteiger partial charge in [-0.05, 0) is 19.1 Å². The number of nitriles is 1. The maximum Gasteiger partial charge on any atom is 0.295 e. The molecule has 0 spiro atoms. The maximum absolute atomic E-state index is 12.4. The minimum absolute atomic E-state index is 0.412. The van der Waals surface area contributed by atoms with Gasteiger partial charge in [0, 0.05) is 37.9 Å². The van der Waals surface area contributed by atoms with Gasteiger partial charge in [0.15, 0.2) is 0 Å². The van der Waals surface area contributed by atoms with E-state index in [1.54, 1.807) is 35.4 Å². The van der Waals surface area contributed by atoms with Crippen LogP contribution >= 0.6 is 0 Å². The Hall–Kier alpha value is -3.20. The van der Waals surface area contributed by atoms with Gasteiger partial charge in [0.25, 0.3) is 5.91 Å². The van der Waals surface area contributed by atoms with Crippen molar-refractivity contribution in [3.63, 3.8) is 0 Å². The summed E-state index contributed by atoms with van der Waals surface area (Å²) in [5, 5.41) is 9.18. The predicted octanol–water partition coefficient (Wildman–Crippen LogP) is 1.79. The lowest BCUT2D eigenvalue weighted by molar-refractivity contribution is -0.126. The van der Waals surface area contributed by atoms with Gasteiger partial charge in [-0.1, -0.05) is 29.8 Å². The van der Waals surface area contributed by atoms with Gasteiger partial charge in [0.1, 0.15) is 11.9 Å². The molecule has 2 heterocycles. The number of aromatic nitrogens is 1. The Morgan fingerprint density at radius 3 is 2.40 bits per heavy atom. The van der Waals surface area contributed by atoms with Gasteiger partial charge in [-0.25, -0.2) is 4.98 Å². The summed E-state index contributed by atoms with van der Waals surface area (Å²) in [6, 6.07) is 12.6. The van der Waals surface area contributed by atoms with E-state index in [2.05, 4.69) is 11.1 Å². The molecule has 3 rings (SSSR count). The average molecular weight is 334 g/mol. The summed E-state index contributed by atoms with van der Waals surface area (Å²) in [7, 11) is 0. The summed E-state index contributed by atoms with van der Waals surface area (Å²) >= 11 is 0. The molecule has 0 radical (unpaired) electrons. The molecule has 0 aliphatic carbocycles. The Bertz CT molecular complexity index is 831. The fourth-order valence-electron chi connectivity index (χ4n) is 2.83. The molecule has 25 heavy (non-hydrogen) atoms. The highest BCUT2D eigenvalue weighted by Crippen LogP contribution is 2.18. The van der Waals surface area contributed by atoms with Crippen molar-refractivity contribution in [1.29, 1.82) is 5.26 Å². The summed E-state index contributed by atoms with van der Waals surface area (Å²) < 4.78 is 0. The van der Waals surface area contributed by atoms with E-state index in [-0.39, 0.29) is 0 Å². The number of carbonyl (C=O) groups excluding carboxylic acids is 2. The van der Waals surface area contributed by atoms with E-state index in [9.17, 15) is 14.9 Å². The maximum atomic E-state index is 12.4. The zero-order valence-corrected chi connectivity index (χ0v) is 14.0. The predicted molar refractivity (Wildman–Crippen MR) is 93.3 cm³/mol. The molecule has 2 aromatic rings. The minimum Gasteiger partial charge on any atom is -0.352 e. The summed E-state index contributed by atoms with van der Waals surface area (Å²) in [5.41, 5.74) is 1.97. The van der Waals surface area contributed by atoms with Gasteiger partial charge in [0.05, 0.1) is 5.56 Å². The summed E-state index contributed by atoms with van der Waals surface area (Å²) in [6.07, 6.45) is 1.65. The summed E-state index contributed by atoms with van der Waals surface area (Å²) in [6.45, 7) is 3.87. The molecule has 0 atom stereocenters. The molecule has 0 saturated carbocycles. The Kier molecular flexibility index (Phi) is 4.75. The van der Waals surface area contributed by atoms with Crippen LogP contribution in [0.4, 0.5) is 5.82 Å². The van der Waals surface area contributed by atoms with Crippen LogP contribution < -0.4 is 4.90 Å². The number of piperazine rings is 1. The van der Waals surface area contributed by atoms with Crippen LogP contribution in [0, 0.1) is 18.3 Å². The number of anilines is 1. The number of amides is 1. The Morgan fingerprint density at radius 1 is 1.08 bits per heavy atom. The third-order valence-electron chi connectivity index (χ3n) is 4.28. The number of Topliss-reactive ketones (excluding diaryl/α,β-unsaturated/α-hetero) is 1. The highest BCUT2D eigenvalue weighted by molar-refractivity contribution is 6.42. The van der Waals surface area contributed by atoms with Crippen LogP contribution in [-0.4, -0.2) is 47.8 Å². The van der Waals surface area contributed by atoms with Gasteiger partial charge in [-0.15, -0.1) is 0 Å². The molecule has 126 valence electrons. The second-order valence-corrected chi connectivity index (χ2v) is 5.96. The lowest BCUT2D eigenvalue weighted by Crippen LogP contribution is -2.51. The molecule has 1 saturated heterocycles. The van der Waals surface area contributed by atoms with Gasteiger partial charge in [0.2, 0.25) is 5.78 Å². The van der Waals surface area contributed by atoms with E-state index in [1.165, 1.54) is 0 Å². The Labute approximate surface area is 146 Å². The van der Waals surface area contributed by atoms with Crippen LogP contribution in [-0.2, 0) is 4.79 Å². The number of hydrogen-bond acceptors (Lipinski definition) is 5. The quantitative estimate of drug-likeness (QED) is 0.632. The smallest absolute Gasteiger partial charge is 0.295 e. The lowest BCUT2D eigenvalue weighted by Gasteiger charge is -2.35. The van der Waals surface area contributed by atoms with Crippen molar-refractivity contribution in [2.45, 2.75) is 6.92 Å². The zero-order chi connectivity index (χ0) is 17.8. The largest absolute Gasteiger partial charge is 0.352 e. The lowest BCUT2D eigenvalue weighted by atomic mass is 10.1. The number of ketones is 1. The average Bonchev–Trinajstić information content (AvgIpc) is 2.67. The van der Waals surface area contributed by atoms with Crippen LogP contribution in [0.1, 0.15) is 21.5 Å². The van der Waals surface area contributed by atoms with E-state index in [0.717, 1.165) is 5.56 Å². The number of nitrogens with zero attached hydrogens (tertiary/aromatic N) is 4. The molecule has 6 nitrogen and oxygen atoms in total. The molecule has 1 amide bonds. The number of pyridine rings is 1. The van der Waals surface area contributed by atoms with E-state index >= 15 is 0 Å². The Morgan fingerprint density at radius 2 is 1.76 bits per heavy atom. The molecule has 1 aromatic carbocycles. The highest BCUT2D eigenvalue weighted by atomic mass is 16.2. The van der Waals surface area contributed by atoms with Crippen LogP contribution in [0.25, 0.3) is 0 Å². The number of benzene rings is 1. The monoisotopic (exact) mass is 334 g/mol. The molecule has 0 unspecified atom stereocenters. The SMILES string of the molecule is Cc1ccc(C(=O)C(=O)N2CCN(c3ncccc3C#N)CC2)cc1. The number of aryl methyl sites for hydroxylation is 1. The molecule has 1 aromatic heterocycles. The van der Waals surface area contributed by atoms with Gasteiger partial charge >= 0.3 is 0 Å². The van der Waals surface area contributed by atoms with E-state index in [0.29, 0.717) is 43.1 Å². The fraction of sp³-hybridized carbons (Fsp3) is 0.263. The molecule has 1 aliphatic rings. The Balaban J connectivity index is 1.66. The van der Waals surface area contributed by atoms with Crippen LogP contribution in [0.2, 0.25) is 0 Å². The molecular weight excluding hydrogens is 316 g/mol. The third kappa shape index (κ3) is 3.50. The van der Waals surface area contributed by atoms with Crippen LogP contribution in [0.3, 0.4) is 0 Å². The third-order valence-corrected chi connectivity index (χ3v) is 4.28. The molecule has 1 aliphatic heterocycles. The molecular formula is C19H18N4O2. The van der Waals surface area contributed by atoms with Gasteiger partial charge < -0.3 is 9.80 Å². The second-order valence-electron chi connectivity index (χ2n) is 5.96. The van der Waals surface area contributed by atoms with E-state index in [1.807, 2.05) is 24.0 Å². The van der Waals surface area contributed by atoms with Crippen molar-refractivity contribution in [3.05, 3.63) is 59.3 Å². The number of rotatable bonds is 3. The first-order chi connectivity index (χ1) is 12.1. The van der Waals surface area contributed by atoms with Crippen molar-refractivity contribution < 1.29 is 9.59 Å². The highest BCUT2D eigenvalue weighted by Gasteiger charge is 2.27. The van der Waals surface area contributed by atoms with E-state index in [4.69, 9.17) is 0 Å². The zero-order valence-electron chi connectivity index (χ0n) is 14.0. The molecule has 1 fully saturated rings. The molecule has 0 N–H and O–H groups in total. The molecule has 0 bridgehead atoms. The van der Waals surface area contributed by atoms with Crippen molar-refractivity contribution in [2.75, 3.05) is 31.1 Å². The van der Waals surface area contributed by atoms with Crippen molar-refractivity contribution in [2.24, 2.45) is 0 Å². The second kappa shape index (κ2) is 7.14. The van der Waals surface area contributed by atoms with Gasteiger partial charge in [-0.2, -0.15) is 5.26 Å². The summed E-state index contributed by atoms with van der Waals surface area (Å²) in [5.74, 6) is -0.337. The van der Waals surface area contributed by atoms with Crippen LogP contribution in [0.5, 0.6) is 0 Å². The van der Waals surface area contributed by atoms with Crippen molar-refractivity contribution in [3.8, 4) is 6.07 Å². The normalized spacial score (nSPS) is 14.1. The fourth-order valence-corrected chi connectivity index (χ4v) is 2.83. The van der Waals surface area contributed by atoms with Crippen LogP contribution in [0.15, 0.2) is 42.6 Å². The number of hydrogen-bond donors (Lipinski definition) is 0. The molecule has 6 heteroatoms. The minimum atomic E-state index is -0.482. The first-order valence-electron chi connectivity index (χ1n) is 8.10. The van der Waals surface area contributed by atoms with Crippen molar-refractivity contribution in [1.82, 2.24) is 9.88 Å². The number of carbonyl (C=O) groups is 2.